The number of fused-ring (bicyclic) bond motifs is 2. The Morgan fingerprint density at radius 2 is 2.30 bits per heavy atom. The molecule has 0 spiro atoms. The highest BCUT2D eigenvalue weighted by Crippen LogP contribution is 2.32. The van der Waals surface area contributed by atoms with Gasteiger partial charge in [-0.15, -0.1) is 5.10 Å². The fraction of sp³-hybridized carbons (Fsp3) is 0.375. The van der Waals surface area contributed by atoms with Gasteiger partial charge < -0.3 is 4.42 Å². The van der Waals surface area contributed by atoms with Gasteiger partial charge in [0.05, 0.1) is 17.5 Å². The van der Waals surface area contributed by atoms with E-state index in [1.165, 1.54) is 0 Å². The molecule has 3 aromatic heterocycles. The molecule has 0 radical (unpaired) electrons. The van der Waals surface area contributed by atoms with Crippen LogP contribution in [0.2, 0.25) is 0 Å². The van der Waals surface area contributed by atoms with Crippen molar-refractivity contribution in [1.29, 1.82) is 0 Å². The van der Waals surface area contributed by atoms with Crippen molar-refractivity contribution < 1.29 is 9.21 Å². The second-order valence-corrected chi connectivity index (χ2v) is 6.69. The largest absolute Gasteiger partial charge is 0.469 e. The Kier molecular flexibility index (Phi) is 3.65. The van der Waals surface area contributed by atoms with Crippen molar-refractivity contribution in [1.82, 2.24) is 19.6 Å². The van der Waals surface area contributed by atoms with E-state index in [1.807, 2.05) is 12.1 Å². The van der Waals surface area contributed by atoms with Crippen LogP contribution in [0.1, 0.15) is 47.5 Å². The average Bonchev–Trinajstić information content (AvgIpc) is 3.20. The molecule has 1 aliphatic carbocycles. The van der Waals surface area contributed by atoms with Gasteiger partial charge in [0, 0.05) is 30.7 Å². The first-order valence-corrected chi connectivity index (χ1v) is 8.69. The van der Waals surface area contributed by atoms with Crippen LogP contribution in [0.15, 0.2) is 34.2 Å². The molecule has 1 atom stereocenters. The van der Waals surface area contributed by atoms with Gasteiger partial charge in [0.1, 0.15) is 5.76 Å². The van der Waals surface area contributed by atoms with Crippen LogP contribution in [-0.4, -0.2) is 31.1 Å². The summed E-state index contributed by atoms with van der Waals surface area (Å²) in [7, 11) is 0. The van der Waals surface area contributed by atoms with E-state index < -0.39 is 0 Å². The predicted octanol–water partition coefficient (Wildman–Crippen LogP) is 3.13. The zero-order chi connectivity index (χ0) is 15.8. The van der Waals surface area contributed by atoms with Gasteiger partial charge in [-0.05, 0) is 18.6 Å². The number of rotatable bonds is 4. The molecule has 3 heterocycles. The number of hydrogen-bond acceptors (Lipinski definition) is 6. The molecule has 0 saturated heterocycles. The topological polar surface area (TPSA) is 73.3 Å². The number of carbonyl (C=O) groups is 1. The Morgan fingerprint density at radius 3 is 3.09 bits per heavy atom. The second kappa shape index (κ2) is 5.81. The third kappa shape index (κ3) is 2.65. The summed E-state index contributed by atoms with van der Waals surface area (Å²) < 4.78 is 7.07. The number of thioether (sulfide) groups is 1. The summed E-state index contributed by atoms with van der Waals surface area (Å²) in [5.74, 6) is 2.49. The number of ketones is 1. The Labute approximate surface area is 137 Å². The lowest BCUT2D eigenvalue weighted by atomic mass is 9.85. The van der Waals surface area contributed by atoms with Crippen LogP contribution >= 0.6 is 11.8 Å². The molecular weight excluding hydrogens is 312 g/mol. The SMILES string of the molecule is CCCSc1nc2nc3c(cn2n1)C(=O)C[C@@H](c1ccco1)C3. The quantitative estimate of drug-likeness (QED) is 0.685. The van der Waals surface area contributed by atoms with Gasteiger partial charge in [-0.1, -0.05) is 18.7 Å². The number of aromatic nitrogens is 4. The summed E-state index contributed by atoms with van der Waals surface area (Å²) in [5, 5.41) is 5.10. The minimum absolute atomic E-state index is 0.0526. The summed E-state index contributed by atoms with van der Waals surface area (Å²) in [6, 6.07) is 3.76. The van der Waals surface area contributed by atoms with Crippen molar-refractivity contribution in [3.63, 3.8) is 0 Å². The Bertz CT molecular complexity index is 856. The number of carbonyl (C=O) groups excluding carboxylic acids is 1. The van der Waals surface area contributed by atoms with E-state index in [1.54, 1.807) is 28.7 Å². The molecule has 0 fully saturated rings. The Hall–Kier alpha value is -2.15. The van der Waals surface area contributed by atoms with Gasteiger partial charge in [0.15, 0.2) is 5.78 Å². The maximum atomic E-state index is 12.5. The van der Waals surface area contributed by atoms with Crippen molar-refractivity contribution >= 4 is 23.3 Å². The van der Waals surface area contributed by atoms with E-state index in [0.717, 1.165) is 23.6 Å². The van der Waals surface area contributed by atoms with Gasteiger partial charge in [-0.25, -0.2) is 9.50 Å². The average molecular weight is 328 g/mol. The summed E-state index contributed by atoms with van der Waals surface area (Å²) in [6.07, 6.45) is 5.60. The summed E-state index contributed by atoms with van der Waals surface area (Å²) >= 11 is 1.61. The van der Waals surface area contributed by atoms with Gasteiger partial charge in [0.2, 0.25) is 5.16 Å². The highest BCUT2D eigenvalue weighted by Gasteiger charge is 2.30. The lowest BCUT2D eigenvalue weighted by molar-refractivity contribution is 0.0958. The van der Waals surface area contributed by atoms with Crippen LogP contribution in [0.5, 0.6) is 0 Å². The van der Waals surface area contributed by atoms with Gasteiger partial charge in [-0.2, -0.15) is 4.98 Å². The van der Waals surface area contributed by atoms with E-state index in [9.17, 15) is 4.79 Å². The molecule has 7 heteroatoms. The smallest absolute Gasteiger partial charge is 0.253 e. The molecule has 0 N–H and O–H groups in total. The van der Waals surface area contributed by atoms with Crippen LogP contribution < -0.4 is 0 Å². The minimum atomic E-state index is 0.0526. The lowest BCUT2D eigenvalue weighted by Crippen LogP contribution is -2.21. The zero-order valence-corrected chi connectivity index (χ0v) is 13.5. The van der Waals surface area contributed by atoms with Gasteiger partial charge in [-0.3, -0.25) is 4.79 Å². The molecule has 0 aromatic carbocycles. The number of furan rings is 1. The molecule has 6 nitrogen and oxygen atoms in total. The molecular formula is C16H16N4O2S. The van der Waals surface area contributed by atoms with E-state index in [0.29, 0.717) is 29.3 Å². The fourth-order valence-corrected chi connectivity index (χ4v) is 3.52. The maximum absolute atomic E-state index is 12.5. The maximum Gasteiger partial charge on any atom is 0.253 e. The number of Topliss-reactive ketones (excluding diaryl/α,β-unsaturated/α-hetero) is 1. The van der Waals surface area contributed by atoms with Crippen LogP contribution in [0.3, 0.4) is 0 Å². The van der Waals surface area contributed by atoms with Crippen molar-refractivity contribution in [2.24, 2.45) is 0 Å². The first kappa shape index (κ1) is 14.4. The molecule has 0 saturated carbocycles. The second-order valence-electron chi connectivity index (χ2n) is 5.63. The summed E-state index contributed by atoms with van der Waals surface area (Å²) in [4.78, 5) is 21.5. The first-order valence-electron chi connectivity index (χ1n) is 7.70. The summed E-state index contributed by atoms with van der Waals surface area (Å²) in [6.45, 7) is 2.12. The molecule has 0 bridgehead atoms. The van der Waals surface area contributed by atoms with Crippen LogP contribution in [0.25, 0.3) is 5.78 Å². The van der Waals surface area contributed by atoms with E-state index >= 15 is 0 Å². The normalized spacial score (nSPS) is 17.6. The Morgan fingerprint density at radius 1 is 1.39 bits per heavy atom. The molecule has 118 valence electrons. The molecule has 3 aromatic rings. The number of nitrogens with zero attached hydrogens (tertiary/aromatic N) is 4. The van der Waals surface area contributed by atoms with Crippen LogP contribution in [0.4, 0.5) is 0 Å². The van der Waals surface area contributed by atoms with Crippen molar-refractivity contribution in [2.45, 2.75) is 37.3 Å². The molecule has 1 aliphatic rings. The van der Waals surface area contributed by atoms with Crippen LogP contribution in [-0.2, 0) is 6.42 Å². The fourth-order valence-electron chi connectivity index (χ4n) is 2.84. The highest BCUT2D eigenvalue weighted by atomic mass is 32.2. The van der Waals surface area contributed by atoms with Crippen molar-refractivity contribution in [3.05, 3.63) is 41.6 Å². The van der Waals surface area contributed by atoms with Crippen molar-refractivity contribution in [2.75, 3.05) is 5.75 Å². The minimum Gasteiger partial charge on any atom is -0.469 e. The van der Waals surface area contributed by atoms with E-state index in [-0.39, 0.29) is 11.7 Å². The first-order chi connectivity index (χ1) is 11.2. The van der Waals surface area contributed by atoms with Gasteiger partial charge >= 0.3 is 0 Å². The summed E-state index contributed by atoms with van der Waals surface area (Å²) in [5.41, 5.74) is 1.44. The zero-order valence-electron chi connectivity index (χ0n) is 12.7. The van der Waals surface area contributed by atoms with Gasteiger partial charge in [0.25, 0.3) is 5.78 Å². The van der Waals surface area contributed by atoms with E-state index in [2.05, 4.69) is 22.0 Å². The third-order valence-corrected chi connectivity index (χ3v) is 4.99. The monoisotopic (exact) mass is 328 g/mol. The molecule has 0 aliphatic heterocycles. The molecule has 0 unspecified atom stereocenters. The standard InChI is InChI=1S/C16H16N4O2S/c1-2-6-23-16-18-15-17-12-7-10(14-4-3-5-22-14)8-13(21)11(12)9-20(15)19-16/h3-5,9-10H,2,6-8H2,1H3/t10-/m0/s1. The van der Waals surface area contributed by atoms with Crippen molar-refractivity contribution in [3.8, 4) is 0 Å². The number of hydrogen-bond donors (Lipinski definition) is 0. The molecule has 23 heavy (non-hydrogen) atoms. The molecule has 4 rings (SSSR count). The lowest BCUT2D eigenvalue weighted by Gasteiger charge is -2.20. The van der Waals surface area contributed by atoms with E-state index in [4.69, 9.17) is 4.42 Å². The Balaban J connectivity index is 1.70. The van der Waals surface area contributed by atoms with Crippen LogP contribution in [0, 0.1) is 0 Å². The third-order valence-electron chi connectivity index (χ3n) is 3.94. The predicted molar refractivity (Wildman–Crippen MR) is 85.9 cm³/mol. The molecule has 0 amide bonds. The highest BCUT2D eigenvalue weighted by molar-refractivity contribution is 7.99.